The van der Waals surface area contributed by atoms with Crippen molar-refractivity contribution < 1.29 is 25.8 Å². The molecule has 0 bridgehead atoms. The van der Waals surface area contributed by atoms with Crippen molar-refractivity contribution in [1.82, 2.24) is 9.55 Å². The van der Waals surface area contributed by atoms with Crippen LogP contribution in [-0.2, 0) is 31.9 Å². The van der Waals surface area contributed by atoms with Gasteiger partial charge in [0, 0.05) is 72.2 Å². The first-order valence-corrected chi connectivity index (χ1v) is 20.8. The number of anilines is 2. The van der Waals surface area contributed by atoms with Crippen LogP contribution in [0.15, 0.2) is 133 Å². The molecule has 8 rings (SSSR count). The van der Waals surface area contributed by atoms with Gasteiger partial charge in [-0.15, -0.1) is 53.6 Å². The number of hydrogen-bond donors (Lipinski definition) is 0. The number of ether oxygens (including phenoxy) is 1. The number of benzene rings is 5. The molecule has 0 amide bonds. The van der Waals surface area contributed by atoms with Crippen molar-refractivity contribution in [2.45, 2.75) is 93.9 Å². The molecule has 6 heteroatoms. The zero-order valence-electron chi connectivity index (χ0n) is 37.1. The van der Waals surface area contributed by atoms with Crippen LogP contribution >= 0.6 is 0 Å². The maximum atomic E-state index is 6.88. The van der Waals surface area contributed by atoms with Crippen LogP contribution in [0.1, 0.15) is 94.2 Å². The summed E-state index contributed by atoms with van der Waals surface area (Å²) in [6.45, 7) is 29.6. The zero-order chi connectivity index (χ0) is 42.1. The summed E-state index contributed by atoms with van der Waals surface area (Å²) in [5.74, 6) is 2.07. The molecule has 0 N–H and O–H groups in total. The molecule has 0 atom stereocenters. The second-order valence-corrected chi connectivity index (χ2v) is 20.0. The number of para-hydroxylation sites is 1. The molecular weight excluding hydrogens is 916 g/mol. The van der Waals surface area contributed by atoms with E-state index in [4.69, 9.17) is 9.72 Å². The van der Waals surface area contributed by atoms with Crippen molar-refractivity contribution in [2.24, 2.45) is 10.8 Å². The third-order valence-electron chi connectivity index (χ3n) is 11.2. The molecule has 0 spiro atoms. The van der Waals surface area contributed by atoms with E-state index < -0.39 is 0 Å². The Balaban J connectivity index is 0.00000544. The van der Waals surface area contributed by atoms with E-state index in [1.807, 2.05) is 12.3 Å². The van der Waals surface area contributed by atoms with E-state index >= 15 is 0 Å². The number of rotatable bonds is 6. The molecule has 312 valence electrons. The first-order chi connectivity index (χ1) is 27.8. The van der Waals surface area contributed by atoms with E-state index in [1.165, 1.54) is 22.5 Å². The SMILES string of the molecule is CC(C)(C)C1=C(C(C)(C)C)N(c2cccc(C(C)(C)C)c2)[CH-]N1c1[c-]c(Oc2[c-]c3c(cc2)c2ccccc2n3-c2cc(C(C)(C)C)ccn2)cc(-c2ccccc2)c1.[Pt]. The number of hydrogen-bond acceptors (Lipinski definition) is 4. The average molecular weight is 973 g/mol. The van der Waals surface area contributed by atoms with Gasteiger partial charge in [-0.1, -0.05) is 149 Å². The Hall–Kier alpha value is -5.12. The maximum absolute atomic E-state index is 6.88. The fourth-order valence-electron chi connectivity index (χ4n) is 8.20. The molecule has 0 unspecified atom stereocenters. The Morgan fingerprint density at radius 2 is 1.18 bits per heavy atom. The van der Waals surface area contributed by atoms with Crippen LogP contribution in [-0.4, -0.2) is 9.55 Å². The fourth-order valence-corrected chi connectivity index (χ4v) is 8.20. The second-order valence-electron chi connectivity index (χ2n) is 20.0. The number of pyridine rings is 1. The molecular formula is C54H57N4OPt-3. The van der Waals surface area contributed by atoms with Crippen LogP contribution in [0.3, 0.4) is 0 Å². The summed E-state index contributed by atoms with van der Waals surface area (Å²) < 4.78 is 9.09. The minimum Gasteiger partial charge on any atom is -0.509 e. The summed E-state index contributed by atoms with van der Waals surface area (Å²) in [4.78, 5) is 9.61. The van der Waals surface area contributed by atoms with Gasteiger partial charge in [-0.25, -0.2) is 4.98 Å². The van der Waals surface area contributed by atoms with Crippen molar-refractivity contribution >= 4 is 33.2 Å². The summed E-state index contributed by atoms with van der Waals surface area (Å²) in [5.41, 5.74) is 10.8. The van der Waals surface area contributed by atoms with E-state index in [9.17, 15) is 0 Å². The number of nitrogens with zero attached hydrogens (tertiary/aromatic N) is 4. The summed E-state index contributed by atoms with van der Waals surface area (Å²) in [7, 11) is 0. The predicted molar refractivity (Wildman–Crippen MR) is 247 cm³/mol. The molecule has 0 aliphatic carbocycles. The maximum Gasteiger partial charge on any atom is 0.135 e. The molecule has 0 saturated carbocycles. The van der Waals surface area contributed by atoms with Gasteiger partial charge in [0.15, 0.2) is 0 Å². The van der Waals surface area contributed by atoms with Gasteiger partial charge < -0.3 is 19.1 Å². The number of allylic oxidation sites excluding steroid dienone is 2. The van der Waals surface area contributed by atoms with E-state index in [2.05, 4.69) is 225 Å². The van der Waals surface area contributed by atoms with Crippen molar-refractivity contribution in [3.63, 3.8) is 0 Å². The van der Waals surface area contributed by atoms with Crippen molar-refractivity contribution in [3.05, 3.63) is 163 Å². The normalized spacial score (nSPS) is 14.0. The molecule has 2 aromatic heterocycles. The zero-order valence-corrected chi connectivity index (χ0v) is 39.4. The Kier molecular flexibility index (Phi) is 11.3. The molecule has 0 radical (unpaired) electrons. The largest absolute Gasteiger partial charge is 0.509 e. The van der Waals surface area contributed by atoms with E-state index in [0.717, 1.165) is 50.1 Å². The van der Waals surface area contributed by atoms with E-state index in [1.54, 1.807) is 0 Å². The molecule has 60 heavy (non-hydrogen) atoms. The second kappa shape index (κ2) is 15.7. The Labute approximate surface area is 372 Å². The third kappa shape index (κ3) is 8.31. The summed E-state index contributed by atoms with van der Waals surface area (Å²) in [5, 5.41) is 2.24. The third-order valence-corrected chi connectivity index (χ3v) is 11.2. The minimum atomic E-state index is -0.211. The molecule has 1 aliphatic heterocycles. The van der Waals surface area contributed by atoms with Crippen molar-refractivity contribution in [1.29, 1.82) is 0 Å². The van der Waals surface area contributed by atoms with E-state index in [0.29, 0.717) is 11.5 Å². The summed E-state index contributed by atoms with van der Waals surface area (Å²) in [6, 6.07) is 48.2. The van der Waals surface area contributed by atoms with Crippen molar-refractivity contribution in [3.8, 4) is 28.4 Å². The first-order valence-electron chi connectivity index (χ1n) is 20.8. The van der Waals surface area contributed by atoms with Crippen LogP contribution in [0.25, 0.3) is 38.8 Å². The number of aromatic nitrogens is 2. The standard InChI is InChI=1S/C54H57N4O.Pt/c1-51(2,3)38-21-18-22-40(31-38)56-35-57(50(54(10,11)12)49(56)53(7,8)9)41-29-37(36-19-14-13-15-20-36)30-43(33-41)59-42-25-26-45-44-23-16-17-24-46(44)58(47(45)34-42)48-32-39(27-28-55-48)52(4,5)6;/h13-32,35H,1-12H3;/q-3;. The quantitative estimate of drug-likeness (QED) is 0.156. The smallest absolute Gasteiger partial charge is 0.135 e. The molecule has 0 saturated heterocycles. The van der Waals surface area contributed by atoms with Crippen LogP contribution < -0.4 is 14.5 Å². The Morgan fingerprint density at radius 1 is 0.533 bits per heavy atom. The van der Waals surface area contributed by atoms with Crippen LogP contribution in [0.5, 0.6) is 11.5 Å². The van der Waals surface area contributed by atoms with Crippen LogP contribution in [0, 0.1) is 29.6 Å². The molecule has 0 fully saturated rings. The van der Waals surface area contributed by atoms with Gasteiger partial charge in [0.2, 0.25) is 0 Å². The van der Waals surface area contributed by atoms with Crippen molar-refractivity contribution in [2.75, 3.05) is 9.80 Å². The minimum absolute atomic E-state index is 0. The van der Waals surface area contributed by atoms with Crippen LogP contribution in [0.2, 0.25) is 0 Å². The van der Waals surface area contributed by atoms with Gasteiger partial charge in [0.1, 0.15) is 5.82 Å². The summed E-state index contributed by atoms with van der Waals surface area (Å²) >= 11 is 0. The fraction of sp³-hybridized carbons (Fsp3) is 0.296. The van der Waals surface area contributed by atoms with Gasteiger partial charge in [-0.2, -0.15) is 6.07 Å². The monoisotopic (exact) mass is 972 g/mol. The molecule has 3 heterocycles. The van der Waals surface area contributed by atoms with Crippen LogP contribution in [0.4, 0.5) is 11.4 Å². The van der Waals surface area contributed by atoms with Gasteiger partial charge in [-0.05, 0) is 63.2 Å². The van der Waals surface area contributed by atoms with E-state index in [-0.39, 0.29) is 42.7 Å². The first kappa shape index (κ1) is 43.0. The van der Waals surface area contributed by atoms with Gasteiger partial charge in [0.05, 0.1) is 0 Å². The molecule has 5 aromatic carbocycles. The van der Waals surface area contributed by atoms with Gasteiger partial charge in [0.25, 0.3) is 0 Å². The topological polar surface area (TPSA) is 33.5 Å². The Morgan fingerprint density at radius 3 is 1.87 bits per heavy atom. The summed E-state index contributed by atoms with van der Waals surface area (Å²) in [6.07, 6.45) is 1.91. The van der Waals surface area contributed by atoms with Gasteiger partial charge >= 0.3 is 0 Å². The average Bonchev–Trinajstić information content (AvgIpc) is 3.76. The Bertz CT molecular complexity index is 2720. The number of fused-ring (bicyclic) bond motifs is 3. The molecule has 1 aliphatic rings. The molecule has 7 aromatic rings. The predicted octanol–water partition coefficient (Wildman–Crippen LogP) is 14.6. The molecule has 5 nitrogen and oxygen atoms in total. The van der Waals surface area contributed by atoms with Gasteiger partial charge in [-0.3, -0.25) is 0 Å².